The standard InChI is InChI=1S/C28H29N5O5/c1-18(34)32-10-12-33(13-11-32)27-29-15-19(16-30-27)14-25(26(35)36)31-28(37)38-17-24-22-8-4-2-6-20(22)21-7-3-5-9-23(21)24/h2-9,15-16,24-25H,10-14,17H2,1H3,(H,31,37)(H,35,36)/t25-/m0/s1. The molecular weight excluding hydrogens is 486 g/mol. The number of anilines is 1. The van der Waals surface area contributed by atoms with Gasteiger partial charge >= 0.3 is 12.1 Å². The van der Waals surface area contributed by atoms with Gasteiger partial charge in [-0.15, -0.1) is 0 Å². The Morgan fingerprint density at radius 2 is 1.55 bits per heavy atom. The maximum absolute atomic E-state index is 12.6. The van der Waals surface area contributed by atoms with E-state index in [1.165, 1.54) is 0 Å². The topological polar surface area (TPSA) is 125 Å². The molecule has 2 N–H and O–H groups in total. The second kappa shape index (κ2) is 10.9. The quantitative estimate of drug-likeness (QED) is 0.492. The highest BCUT2D eigenvalue weighted by molar-refractivity contribution is 5.81. The normalized spacial score (nSPS) is 15.4. The number of aliphatic carboxylic acids is 1. The zero-order valence-corrected chi connectivity index (χ0v) is 21.0. The molecule has 0 radical (unpaired) electrons. The van der Waals surface area contributed by atoms with E-state index < -0.39 is 18.1 Å². The Kier molecular flexibility index (Phi) is 7.21. The molecule has 1 aliphatic carbocycles. The van der Waals surface area contributed by atoms with E-state index in [0.29, 0.717) is 37.7 Å². The largest absolute Gasteiger partial charge is 0.480 e. The summed E-state index contributed by atoms with van der Waals surface area (Å²) in [7, 11) is 0. The van der Waals surface area contributed by atoms with Crippen molar-refractivity contribution in [3.8, 4) is 11.1 Å². The van der Waals surface area contributed by atoms with Gasteiger partial charge in [0.15, 0.2) is 0 Å². The fourth-order valence-corrected chi connectivity index (χ4v) is 5.06. The van der Waals surface area contributed by atoms with E-state index >= 15 is 0 Å². The first-order valence-corrected chi connectivity index (χ1v) is 12.6. The van der Waals surface area contributed by atoms with Crippen LogP contribution in [0.4, 0.5) is 10.7 Å². The number of nitrogens with one attached hydrogen (secondary N) is 1. The molecule has 0 spiro atoms. The van der Waals surface area contributed by atoms with Crippen molar-refractivity contribution in [2.45, 2.75) is 25.3 Å². The monoisotopic (exact) mass is 515 g/mol. The lowest BCUT2D eigenvalue weighted by molar-refractivity contribution is -0.139. The first kappa shape index (κ1) is 25.2. The zero-order chi connectivity index (χ0) is 26.6. The van der Waals surface area contributed by atoms with Crippen LogP contribution in [0.3, 0.4) is 0 Å². The summed E-state index contributed by atoms with van der Waals surface area (Å²) in [5.74, 6) is -0.726. The van der Waals surface area contributed by atoms with Crippen molar-refractivity contribution in [1.82, 2.24) is 20.2 Å². The fourth-order valence-electron chi connectivity index (χ4n) is 5.06. The predicted molar refractivity (Wildman–Crippen MR) is 140 cm³/mol. The number of ether oxygens (including phenoxy) is 1. The number of nitrogens with zero attached hydrogens (tertiary/aromatic N) is 4. The van der Waals surface area contributed by atoms with Gasteiger partial charge in [0.1, 0.15) is 12.6 Å². The molecule has 2 aromatic carbocycles. The highest BCUT2D eigenvalue weighted by Gasteiger charge is 2.30. The van der Waals surface area contributed by atoms with Gasteiger partial charge in [-0.05, 0) is 27.8 Å². The van der Waals surface area contributed by atoms with Crippen LogP contribution in [0.1, 0.15) is 29.5 Å². The molecule has 0 saturated carbocycles. The first-order valence-electron chi connectivity index (χ1n) is 12.6. The molecule has 10 nitrogen and oxygen atoms in total. The number of hydrogen-bond acceptors (Lipinski definition) is 7. The van der Waals surface area contributed by atoms with E-state index in [1.807, 2.05) is 53.4 Å². The second-order valence-electron chi connectivity index (χ2n) is 9.45. The lowest BCUT2D eigenvalue weighted by Gasteiger charge is -2.34. The van der Waals surface area contributed by atoms with Crippen molar-refractivity contribution in [3.05, 3.63) is 77.6 Å². The zero-order valence-electron chi connectivity index (χ0n) is 21.0. The molecule has 3 aromatic rings. The predicted octanol–water partition coefficient (Wildman–Crippen LogP) is 2.68. The number of carbonyl (C=O) groups excluding carboxylic acids is 2. The lowest BCUT2D eigenvalue weighted by atomic mass is 9.98. The number of piperazine rings is 1. The molecule has 38 heavy (non-hydrogen) atoms. The number of carbonyl (C=O) groups is 3. The van der Waals surface area contributed by atoms with Crippen LogP contribution in [0.25, 0.3) is 11.1 Å². The van der Waals surface area contributed by atoms with E-state index in [0.717, 1.165) is 22.3 Å². The third kappa shape index (κ3) is 5.29. The number of aromatic nitrogens is 2. The second-order valence-corrected chi connectivity index (χ2v) is 9.45. The number of carboxylic acid groups (broad SMARTS) is 1. The maximum Gasteiger partial charge on any atom is 0.407 e. The highest BCUT2D eigenvalue weighted by Crippen LogP contribution is 2.44. The molecule has 0 unspecified atom stereocenters. The van der Waals surface area contributed by atoms with Crippen molar-refractivity contribution < 1.29 is 24.2 Å². The average molecular weight is 516 g/mol. The van der Waals surface area contributed by atoms with Gasteiger partial charge in [0.05, 0.1) is 0 Å². The van der Waals surface area contributed by atoms with Gasteiger partial charge < -0.3 is 25.0 Å². The lowest BCUT2D eigenvalue weighted by Crippen LogP contribution is -2.48. The SMILES string of the molecule is CC(=O)N1CCN(c2ncc(C[C@H](NC(=O)OCC3c4ccccc4-c4ccccc43)C(=O)O)cn2)CC1. The van der Waals surface area contributed by atoms with Crippen LogP contribution >= 0.6 is 0 Å². The van der Waals surface area contributed by atoms with Crippen LogP contribution in [0, 0.1) is 0 Å². The van der Waals surface area contributed by atoms with Crippen LogP contribution in [0.5, 0.6) is 0 Å². The van der Waals surface area contributed by atoms with E-state index in [1.54, 1.807) is 24.2 Å². The summed E-state index contributed by atoms with van der Waals surface area (Å²) < 4.78 is 5.50. The minimum Gasteiger partial charge on any atom is -0.480 e. The Bertz CT molecular complexity index is 1290. The van der Waals surface area contributed by atoms with Crippen molar-refractivity contribution in [3.63, 3.8) is 0 Å². The Hall–Kier alpha value is -4.47. The Morgan fingerprint density at radius 3 is 2.11 bits per heavy atom. The molecule has 2 heterocycles. The van der Waals surface area contributed by atoms with Crippen molar-refractivity contribution in [1.29, 1.82) is 0 Å². The van der Waals surface area contributed by atoms with Crippen LogP contribution in [0.2, 0.25) is 0 Å². The van der Waals surface area contributed by atoms with Crippen molar-refractivity contribution >= 4 is 23.9 Å². The van der Waals surface area contributed by atoms with Crippen LogP contribution in [-0.4, -0.2) is 76.8 Å². The Balaban J connectivity index is 1.17. The molecule has 2 amide bonds. The molecule has 0 bridgehead atoms. The summed E-state index contributed by atoms with van der Waals surface area (Å²) >= 11 is 0. The van der Waals surface area contributed by atoms with Gasteiger partial charge in [-0.3, -0.25) is 4.79 Å². The average Bonchev–Trinajstić information content (AvgIpc) is 3.25. The van der Waals surface area contributed by atoms with Gasteiger partial charge in [-0.25, -0.2) is 19.6 Å². The number of fused-ring (bicyclic) bond motifs is 3. The third-order valence-corrected chi connectivity index (χ3v) is 7.07. The van der Waals surface area contributed by atoms with E-state index in [9.17, 15) is 19.5 Å². The first-order chi connectivity index (χ1) is 18.4. The van der Waals surface area contributed by atoms with Crippen molar-refractivity contribution in [2.24, 2.45) is 0 Å². The van der Waals surface area contributed by atoms with Crippen LogP contribution in [0.15, 0.2) is 60.9 Å². The summed E-state index contributed by atoms with van der Waals surface area (Å²) in [5.41, 5.74) is 4.96. The number of alkyl carbamates (subject to hydrolysis) is 1. The van der Waals surface area contributed by atoms with Gasteiger partial charge in [0.2, 0.25) is 11.9 Å². The van der Waals surface area contributed by atoms with Crippen LogP contribution < -0.4 is 10.2 Å². The van der Waals surface area contributed by atoms with E-state index in [2.05, 4.69) is 15.3 Å². The summed E-state index contributed by atoms with van der Waals surface area (Å²) in [6.07, 6.45) is 2.35. The van der Waals surface area contributed by atoms with Crippen molar-refractivity contribution in [2.75, 3.05) is 37.7 Å². The summed E-state index contributed by atoms with van der Waals surface area (Å²) in [6, 6.07) is 14.8. The van der Waals surface area contributed by atoms with Gasteiger partial charge in [-0.2, -0.15) is 0 Å². The fraction of sp³-hybridized carbons (Fsp3) is 0.321. The molecule has 5 rings (SSSR count). The number of carboxylic acids is 1. The molecule has 1 aliphatic heterocycles. The molecule has 10 heteroatoms. The number of hydrogen-bond donors (Lipinski definition) is 2. The van der Waals surface area contributed by atoms with Gasteiger partial charge in [0.25, 0.3) is 0 Å². The number of rotatable bonds is 7. The van der Waals surface area contributed by atoms with Gasteiger partial charge in [-0.1, -0.05) is 48.5 Å². The Morgan fingerprint density at radius 1 is 0.974 bits per heavy atom. The molecular formula is C28H29N5O5. The summed E-state index contributed by atoms with van der Waals surface area (Å²) in [5, 5.41) is 12.2. The van der Waals surface area contributed by atoms with E-state index in [4.69, 9.17) is 4.74 Å². The maximum atomic E-state index is 12.6. The molecule has 196 valence electrons. The third-order valence-electron chi connectivity index (χ3n) is 7.07. The van der Waals surface area contributed by atoms with E-state index in [-0.39, 0.29) is 24.9 Å². The molecule has 2 aliphatic rings. The number of benzene rings is 2. The van der Waals surface area contributed by atoms with Gasteiger partial charge in [0, 0.05) is 57.8 Å². The minimum atomic E-state index is -1.20. The van der Waals surface area contributed by atoms with Crippen LogP contribution in [-0.2, 0) is 20.7 Å². The summed E-state index contributed by atoms with van der Waals surface area (Å²) in [6.45, 7) is 4.11. The highest BCUT2D eigenvalue weighted by atomic mass is 16.5. The Labute approximate surface area is 220 Å². The number of amides is 2. The smallest absolute Gasteiger partial charge is 0.407 e. The summed E-state index contributed by atoms with van der Waals surface area (Å²) in [4.78, 5) is 48.5. The molecule has 1 atom stereocenters. The molecule has 1 saturated heterocycles. The minimum absolute atomic E-state index is 0.0118. The molecule has 1 fully saturated rings. The molecule has 1 aromatic heterocycles.